The molecule has 1 aliphatic heterocycles. The van der Waals surface area contributed by atoms with Crippen LogP contribution in [0.1, 0.15) is 43.9 Å². The lowest BCUT2D eigenvalue weighted by atomic mass is 9.94. The Labute approximate surface area is 169 Å². The van der Waals surface area contributed by atoms with Gasteiger partial charge in [-0.1, -0.05) is 29.8 Å². The Morgan fingerprint density at radius 3 is 2.59 bits per heavy atom. The van der Waals surface area contributed by atoms with Gasteiger partial charge < -0.3 is 15.0 Å². The Balaban J connectivity index is 1.77. The number of allylic oxidation sites excluding steroid dienone is 1. The molecule has 1 N–H and O–H groups in total. The molecule has 8 heteroatoms. The van der Waals surface area contributed by atoms with Gasteiger partial charge in [-0.25, -0.2) is 9.48 Å². The number of carbonyl (C=O) groups excluding carboxylic acids is 2. The van der Waals surface area contributed by atoms with E-state index in [2.05, 4.69) is 15.4 Å². The number of ether oxygens (including phenoxy) is 1. The molecular formula is C21H25N5O3. The molecule has 1 aliphatic carbocycles. The van der Waals surface area contributed by atoms with Crippen molar-refractivity contribution in [2.45, 2.75) is 45.7 Å². The first-order valence-corrected chi connectivity index (χ1v) is 9.90. The van der Waals surface area contributed by atoms with Crippen molar-refractivity contribution in [2.24, 2.45) is 0 Å². The molecule has 0 bridgehead atoms. The number of hydrogen-bond donors (Lipinski definition) is 1. The number of hydrogen-bond acceptors (Lipinski definition) is 6. The van der Waals surface area contributed by atoms with Crippen molar-refractivity contribution >= 4 is 17.8 Å². The lowest BCUT2D eigenvalue weighted by Gasteiger charge is -2.35. The van der Waals surface area contributed by atoms with Crippen LogP contribution in [-0.2, 0) is 14.3 Å². The van der Waals surface area contributed by atoms with E-state index in [4.69, 9.17) is 4.74 Å². The number of nitrogens with zero attached hydrogens (tertiary/aromatic N) is 4. The SMILES string of the molecule is CCOC(=O)C1=C(C)N(CC(=O)NC2CC2)c2ncnn2[C@H]1c1ccc(C)cc1. The third-order valence-corrected chi connectivity index (χ3v) is 5.24. The summed E-state index contributed by atoms with van der Waals surface area (Å²) in [5.41, 5.74) is 3.15. The summed E-state index contributed by atoms with van der Waals surface area (Å²) in [6, 6.07) is 7.76. The summed E-state index contributed by atoms with van der Waals surface area (Å²) in [4.78, 5) is 31.5. The zero-order chi connectivity index (χ0) is 20.5. The molecule has 152 valence electrons. The second-order valence-corrected chi connectivity index (χ2v) is 7.47. The summed E-state index contributed by atoms with van der Waals surface area (Å²) >= 11 is 0. The smallest absolute Gasteiger partial charge is 0.338 e. The van der Waals surface area contributed by atoms with Crippen LogP contribution in [0.15, 0.2) is 41.9 Å². The number of carbonyl (C=O) groups is 2. The second kappa shape index (κ2) is 7.69. The minimum Gasteiger partial charge on any atom is -0.463 e. The van der Waals surface area contributed by atoms with Gasteiger partial charge in [0.25, 0.3) is 0 Å². The number of esters is 1. The number of benzene rings is 1. The maximum atomic E-state index is 12.9. The van der Waals surface area contributed by atoms with E-state index in [9.17, 15) is 9.59 Å². The van der Waals surface area contributed by atoms with Crippen molar-refractivity contribution < 1.29 is 14.3 Å². The Bertz CT molecular complexity index is 959. The molecule has 1 amide bonds. The van der Waals surface area contributed by atoms with Crippen LogP contribution in [0.4, 0.5) is 5.95 Å². The fourth-order valence-corrected chi connectivity index (χ4v) is 3.59. The van der Waals surface area contributed by atoms with Crippen LogP contribution in [0.3, 0.4) is 0 Å². The van der Waals surface area contributed by atoms with Crippen molar-refractivity contribution in [3.63, 3.8) is 0 Å². The highest BCUT2D eigenvalue weighted by molar-refractivity contribution is 5.93. The van der Waals surface area contributed by atoms with E-state index in [1.165, 1.54) is 6.33 Å². The van der Waals surface area contributed by atoms with Gasteiger partial charge in [0.15, 0.2) is 0 Å². The Kier molecular flexibility index (Phi) is 5.08. The fraction of sp³-hybridized carbons (Fsp3) is 0.429. The Hall–Kier alpha value is -3.16. The first kappa shape index (κ1) is 19.2. The first-order valence-electron chi connectivity index (χ1n) is 9.90. The fourth-order valence-electron chi connectivity index (χ4n) is 3.59. The summed E-state index contributed by atoms with van der Waals surface area (Å²) in [7, 11) is 0. The van der Waals surface area contributed by atoms with Gasteiger partial charge in [-0.15, -0.1) is 0 Å². The monoisotopic (exact) mass is 395 g/mol. The Morgan fingerprint density at radius 2 is 1.93 bits per heavy atom. The van der Waals surface area contributed by atoms with Crippen LogP contribution < -0.4 is 10.2 Å². The molecule has 8 nitrogen and oxygen atoms in total. The van der Waals surface area contributed by atoms with E-state index in [0.29, 0.717) is 17.2 Å². The number of amides is 1. The molecule has 2 aliphatic rings. The van der Waals surface area contributed by atoms with E-state index in [0.717, 1.165) is 24.0 Å². The maximum absolute atomic E-state index is 12.9. The third kappa shape index (κ3) is 3.74. The predicted octanol–water partition coefficient (Wildman–Crippen LogP) is 2.11. The van der Waals surface area contributed by atoms with Crippen LogP contribution in [0, 0.1) is 6.92 Å². The number of aromatic nitrogens is 3. The highest BCUT2D eigenvalue weighted by Crippen LogP contribution is 2.38. The molecule has 0 saturated heterocycles. The minimum atomic E-state index is -0.463. The number of aryl methyl sites for hydroxylation is 1. The van der Waals surface area contributed by atoms with E-state index in [1.54, 1.807) is 16.5 Å². The summed E-state index contributed by atoms with van der Waals surface area (Å²) in [5, 5.41) is 7.37. The second-order valence-electron chi connectivity index (χ2n) is 7.47. The summed E-state index contributed by atoms with van der Waals surface area (Å²) in [6.07, 6.45) is 3.48. The van der Waals surface area contributed by atoms with Crippen LogP contribution in [0.25, 0.3) is 0 Å². The summed E-state index contributed by atoms with van der Waals surface area (Å²) in [5.74, 6) is 0.0230. The molecule has 2 aromatic rings. The number of nitrogens with one attached hydrogen (secondary N) is 1. The lowest BCUT2D eigenvalue weighted by molar-refractivity contribution is -0.139. The minimum absolute atomic E-state index is 0.0740. The molecule has 1 aromatic carbocycles. The molecule has 1 saturated carbocycles. The summed E-state index contributed by atoms with van der Waals surface area (Å²) < 4.78 is 7.05. The molecule has 0 spiro atoms. The number of fused-ring (bicyclic) bond motifs is 1. The van der Waals surface area contributed by atoms with Crippen molar-refractivity contribution in [1.29, 1.82) is 0 Å². The van der Waals surface area contributed by atoms with Gasteiger partial charge in [-0.05, 0) is 39.2 Å². The first-order chi connectivity index (χ1) is 14.0. The lowest BCUT2D eigenvalue weighted by Crippen LogP contribution is -2.43. The van der Waals surface area contributed by atoms with Crippen molar-refractivity contribution in [1.82, 2.24) is 20.1 Å². The van der Waals surface area contributed by atoms with Crippen molar-refractivity contribution in [3.8, 4) is 0 Å². The standard InChI is InChI=1S/C21H25N5O3/c1-4-29-20(28)18-14(3)25(11-17(27)24-16-9-10-16)21-22-12-23-26(21)19(18)15-7-5-13(2)6-8-15/h5-8,12,16,19H,4,9-11H2,1-3H3,(H,24,27)/t19-/m0/s1. The van der Waals surface area contributed by atoms with E-state index in [-0.39, 0.29) is 25.1 Å². The zero-order valence-corrected chi connectivity index (χ0v) is 16.9. The quantitative estimate of drug-likeness (QED) is 0.754. The predicted molar refractivity (Wildman–Crippen MR) is 107 cm³/mol. The van der Waals surface area contributed by atoms with Gasteiger partial charge in [0.05, 0.1) is 12.2 Å². The molecule has 0 unspecified atom stereocenters. The highest BCUT2D eigenvalue weighted by atomic mass is 16.5. The third-order valence-electron chi connectivity index (χ3n) is 5.24. The molecule has 29 heavy (non-hydrogen) atoms. The normalized spacial score (nSPS) is 18.4. The highest BCUT2D eigenvalue weighted by Gasteiger charge is 2.38. The van der Waals surface area contributed by atoms with Gasteiger partial charge in [0.2, 0.25) is 11.9 Å². The van der Waals surface area contributed by atoms with Crippen molar-refractivity contribution in [2.75, 3.05) is 18.1 Å². The van der Waals surface area contributed by atoms with Gasteiger partial charge in [-0.2, -0.15) is 10.1 Å². The van der Waals surface area contributed by atoms with Gasteiger partial charge in [0, 0.05) is 11.7 Å². The van der Waals surface area contributed by atoms with Gasteiger partial charge in [-0.3, -0.25) is 4.79 Å². The molecule has 4 rings (SSSR count). The van der Waals surface area contributed by atoms with Crippen LogP contribution in [-0.4, -0.2) is 45.8 Å². The molecule has 1 atom stereocenters. The van der Waals surface area contributed by atoms with Gasteiger partial charge in [0.1, 0.15) is 18.9 Å². The van der Waals surface area contributed by atoms with Gasteiger partial charge >= 0.3 is 5.97 Å². The Morgan fingerprint density at radius 1 is 1.21 bits per heavy atom. The topological polar surface area (TPSA) is 89.3 Å². The largest absolute Gasteiger partial charge is 0.463 e. The van der Waals surface area contributed by atoms with E-state index >= 15 is 0 Å². The molecule has 1 aromatic heterocycles. The average Bonchev–Trinajstić information content (AvgIpc) is 3.36. The zero-order valence-electron chi connectivity index (χ0n) is 16.9. The maximum Gasteiger partial charge on any atom is 0.338 e. The summed E-state index contributed by atoms with van der Waals surface area (Å²) in [6.45, 7) is 5.96. The average molecular weight is 395 g/mol. The molecule has 0 radical (unpaired) electrons. The number of rotatable bonds is 6. The van der Waals surface area contributed by atoms with Crippen LogP contribution >= 0.6 is 0 Å². The molecule has 2 heterocycles. The van der Waals surface area contributed by atoms with Crippen LogP contribution in [0.2, 0.25) is 0 Å². The molecule has 1 fully saturated rings. The van der Waals surface area contributed by atoms with E-state index < -0.39 is 12.0 Å². The molecular weight excluding hydrogens is 370 g/mol. The van der Waals surface area contributed by atoms with E-state index in [1.807, 2.05) is 38.1 Å². The number of anilines is 1. The van der Waals surface area contributed by atoms with Crippen LogP contribution in [0.5, 0.6) is 0 Å². The van der Waals surface area contributed by atoms with Crippen molar-refractivity contribution in [3.05, 3.63) is 53.0 Å².